The fourth-order valence-corrected chi connectivity index (χ4v) is 5.37. The third-order valence-electron chi connectivity index (χ3n) is 6.82. The number of carbonyl (C=O) groups excluding carboxylic acids is 1. The largest absolute Gasteiger partial charge is 0.395 e. The molecule has 3 fully saturated rings. The number of aliphatic hydroxyl groups excluding tert-OH is 1. The summed E-state index contributed by atoms with van der Waals surface area (Å²) in [5.41, 5.74) is 1.23. The van der Waals surface area contributed by atoms with Gasteiger partial charge in [0.15, 0.2) is 0 Å². The third kappa shape index (κ3) is 3.42. The highest BCUT2D eigenvalue weighted by molar-refractivity contribution is 5.76. The van der Waals surface area contributed by atoms with Gasteiger partial charge in [0.1, 0.15) is 0 Å². The Bertz CT molecular complexity index is 656. The lowest BCUT2D eigenvalue weighted by atomic mass is 9.60. The van der Waals surface area contributed by atoms with Crippen LogP contribution >= 0.6 is 0 Å². The Morgan fingerprint density at radius 3 is 2.61 bits per heavy atom. The van der Waals surface area contributed by atoms with E-state index in [2.05, 4.69) is 41.4 Å². The van der Waals surface area contributed by atoms with Gasteiger partial charge in [0, 0.05) is 51.4 Å². The Labute approximate surface area is 167 Å². The van der Waals surface area contributed by atoms with E-state index in [1.54, 1.807) is 0 Å². The van der Waals surface area contributed by atoms with Crippen LogP contribution in [-0.2, 0) is 4.74 Å². The molecule has 0 radical (unpaired) electrons. The Kier molecular flexibility index (Phi) is 5.90. The van der Waals surface area contributed by atoms with Crippen molar-refractivity contribution in [3.63, 3.8) is 0 Å². The van der Waals surface area contributed by atoms with Gasteiger partial charge in [-0.2, -0.15) is 0 Å². The highest BCUT2D eigenvalue weighted by Crippen LogP contribution is 2.54. The molecule has 3 aliphatic heterocycles. The molecule has 0 unspecified atom stereocenters. The van der Waals surface area contributed by atoms with Crippen LogP contribution in [0.4, 0.5) is 4.79 Å². The number of aliphatic hydroxyl groups is 1. The lowest BCUT2D eigenvalue weighted by Crippen LogP contribution is -2.85. The summed E-state index contributed by atoms with van der Waals surface area (Å²) in [4.78, 5) is 16.9. The lowest BCUT2D eigenvalue weighted by Gasteiger charge is -2.71. The van der Waals surface area contributed by atoms with Gasteiger partial charge in [-0.15, -0.1) is 0 Å². The second-order valence-electron chi connectivity index (χ2n) is 8.54. The van der Waals surface area contributed by atoms with Crippen LogP contribution in [0.1, 0.15) is 37.7 Å². The van der Waals surface area contributed by atoms with E-state index in [1.165, 1.54) is 5.56 Å². The van der Waals surface area contributed by atoms with Crippen molar-refractivity contribution in [2.24, 2.45) is 5.92 Å². The topological polar surface area (TPSA) is 65.0 Å². The van der Waals surface area contributed by atoms with Gasteiger partial charge < -0.3 is 20.1 Å². The molecule has 2 N–H and O–H groups in total. The highest BCUT2D eigenvalue weighted by Gasteiger charge is 2.66. The molecule has 1 spiro atoms. The molecule has 0 aromatic heterocycles. The van der Waals surface area contributed by atoms with E-state index < -0.39 is 0 Å². The zero-order valence-electron chi connectivity index (χ0n) is 16.8. The summed E-state index contributed by atoms with van der Waals surface area (Å²) in [6.07, 6.45) is 3.11. The first-order valence-electron chi connectivity index (χ1n) is 10.7. The second kappa shape index (κ2) is 8.39. The molecule has 2 atom stereocenters. The van der Waals surface area contributed by atoms with Gasteiger partial charge in [0.25, 0.3) is 0 Å². The average Bonchev–Trinajstić information content (AvgIpc) is 2.70. The lowest BCUT2D eigenvalue weighted by molar-refractivity contribution is -0.185. The first kappa shape index (κ1) is 19.7. The number of nitrogens with zero attached hydrogens (tertiary/aromatic N) is 2. The molecule has 1 aromatic rings. The summed E-state index contributed by atoms with van der Waals surface area (Å²) in [7, 11) is 0. The van der Waals surface area contributed by atoms with E-state index in [1.807, 2.05) is 11.0 Å². The summed E-state index contributed by atoms with van der Waals surface area (Å²) >= 11 is 0. The van der Waals surface area contributed by atoms with Crippen LogP contribution in [0.25, 0.3) is 0 Å². The van der Waals surface area contributed by atoms with Crippen molar-refractivity contribution in [1.29, 1.82) is 0 Å². The molecule has 1 aromatic carbocycles. The number of likely N-dealkylation sites (tertiary alicyclic amines) is 2. The zero-order chi connectivity index (χ0) is 19.6. The number of amides is 2. The number of benzene rings is 1. The molecule has 4 rings (SSSR count). The summed E-state index contributed by atoms with van der Waals surface area (Å²) < 4.78 is 5.53. The normalized spacial score (nSPS) is 27.3. The van der Waals surface area contributed by atoms with Gasteiger partial charge in [-0.05, 0) is 30.7 Å². The molecule has 0 aliphatic carbocycles. The molecule has 6 heteroatoms. The quantitative estimate of drug-likeness (QED) is 0.784. The SMILES string of the molecule is CCCNC(=O)N1CC2(C1)[C@@H](c1ccccc1)[C@@H](CO)N2CC1CCOCC1. The minimum atomic E-state index is -0.0450. The van der Waals surface area contributed by atoms with E-state index in [9.17, 15) is 9.90 Å². The van der Waals surface area contributed by atoms with Crippen molar-refractivity contribution in [2.75, 3.05) is 46.0 Å². The molecule has 28 heavy (non-hydrogen) atoms. The first-order chi connectivity index (χ1) is 13.7. The Hall–Kier alpha value is -1.63. The first-order valence-corrected chi connectivity index (χ1v) is 10.7. The van der Waals surface area contributed by atoms with E-state index in [0.29, 0.717) is 5.92 Å². The number of hydrogen-bond acceptors (Lipinski definition) is 4. The molecule has 154 valence electrons. The summed E-state index contributed by atoms with van der Waals surface area (Å²) in [5, 5.41) is 13.2. The van der Waals surface area contributed by atoms with Crippen LogP contribution in [0.2, 0.25) is 0 Å². The maximum Gasteiger partial charge on any atom is 0.317 e. The number of hydrogen-bond donors (Lipinski definition) is 2. The summed E-state index contributed by atoms with van der Waals surface area (Å²) in [6.45, 7) is 7.08. The maximum atomic E-state index is 12.4. The standard InChI is InChI=1S/C22H33N3O3/c1-2-10-23-21(27)24-15-22(16-24)20(18-6-4-3-5-7-18)19(14-26)25(22)13-17-8-11-28-12-9-17/h3-7,17,19-20,26H,2,8-16H2,1H3,(H,23,27)/t19-,20+/m1/s1. The molecule has 6 nitrogen and oxygen atoms in total. The van der Waals surface area contributed by atoms with E-state index >= 15 is 0 Å². The third-order valence-corrected chi connectivity index (χ3v) is 6.82. The number of nitrogens with one attached hydrogen (secondary N) is 1. The van der Waals surface area contributed by atoms with Crippen LogP contribution < -0.4 is 5.32 Å². The molecule has 0 bridgehead atoms. The van der Waals surface area contributed by atoms with Crippen molar-refractivity contribution in [3.05, 3.63) is 35.9 Å². The van der Waals surface area contributed by atoms with Gasteiger partial charge in [-0.25, -0.2) is 4.79 Å². The van der Waals surface area contributed by atoms with E-state index in [-0.39, 0.29) is 30.1 Å². The van der Waals surface area contributed by atoms with Crippen LogP contribution in [-0.4, -0.2) is 78.5 Å². The Morgan fingerprint density at radius 2 is 1.96 bits per heavy atom. The second-order valence-corrected chi connectivity index (χ2v) is 8.54. The van der Waals surface area contributed by atoms with Crippen LogP contribution in [0.15, 0.2) is 30.3 Å². The predicted octanol–water partition coefficient (Wildman–Crippen LogP) is 2.05. The number of rotatable bonds is 6. The smallest absolute Gasteiger partial charge is 0.317 e. The van der Waals surface area contributed by atoms with Crippen molar-refractivity contribution < 1.29 is 14.6 Å². The average molecular weight is 388 g/mol. The fraction of sp³-hybridized carbons (Fsp3) is 0.682. The molecular formula is C22H33N3O3. The van der Waals surface area contributed by atoms with Crippen molar-refractivity contribution in [3.8, 4) is 0 Å². The molecule has 3 heterocycles. The van der Waals surface area contributed by atoms with Gasteiger partial charge in [0.05, 0.1) is 12.1 Å². The Morgan fingerprint density at radius 1 is 1.25 bits per heavy atom. The van der Waals surface area contributed by atoms with E-state index in [0.717, 1.165) is 58.7 Å². The molecular weight excluding hydrogens is 354 g/mol. The monoisotopic (exact) mass is 387 g/mol. The van der Waals surface area contributed by atoms with Crippen LogP contribution in [0.3, 0.4) is 0 Å². The van der Waals surface area contributed by atoms with Gasteiger partial charge >= 0.3 is 6.03 Å². The van der Waals surface area contributed by atoms with Crippen LogP contribution in [0, 0.1) is 5.92 Å². The van der Waals surface area contributed by atoms with Crippen molar-refractivity contribution in [1.82, 2.24) is 15.1 Å². The molecule has 3 saturated heterocycles. The maximum absolute atomic E-state index is 12.4. The van der Waals surface area contributed by atoms with Crippen molar-refractivity contribution in [2.45, 2.75) is 43.7 Å². The summed E-state index contributed by atoms with van der Waals surface area (Å²) in [6, 6.07) is 10.7. The molecule has 0 saturated carbocycles. The van der Waals surface area contributed by atoms with Gasteiger partial charge in [-0.1, -0.05) is 37.3 Å². The summed E-state index contributed by atoms with van der Waals surface area (Å²) in [5.74, 6) is 0.883. The number of ether oxygens (including phenoxy) is 1. The van der Waals surface area contributed by atoms with Crippen molar-refractivity contribution >= 4 is 6.03 Å². The van der Waals surface area contributed by atoms with E-state index in [4.69, 9.17) is 4.74 Å². The predicted molar refractivity (Wildman–Crippen MR) is 108 cm³/mol. The number of carbonyl (C=O) groups is 1. The number of urea groups is 1. The minimum absolute atomic E-state index is 0.0396. The highest BCUT2D eigenvalue weighted by atomic mass is 16.5. The molecule has 2 amide bonds. The van der Waals surface area contributed by atoms with Gasteiger partial charge in [0.2, 0.25) is 0 Å². The Balaban J connectivity index is 1.52. The molecule has 3 aliphatic rings. The van der Waals surface area contributed by atoms with Crippen LogP contribution in [0.5, 0.6) is 0 Å². The van der Waals surface area contributed by atoms with Gasteiger partial charge in [-0.3, -0.25) is 4.90 Å². The minimum Gasteiger partial charge on any atom is -0.395 e. The fourth-order valence-electron chi connectivity index (χ4n) is 5.37. The zero-order valence-corrected chi connectivity index (χ0v) is 16.8.